The molecule has 0 fully saturated rings. The fourth-order valence-corrected chi connectivity index (χ4v) is 4.93. The molecule has 2 aromatic heterocycles. The van der Waals surface area contributed by atoms with Crippen LogP contribution in [-0.4, -0.2) is 26.0 Å². The zero-order chi connectivity index (χ0) is 21.1. The van der Waals surface area contributed by atoms with Gasteiger partial charge in [-0.15, -0.1) is 11.3 Å². The third-order valence-corrected chi connectivity index (χ3v) is 6.78. The Morgan fingerprint density at radius 2 is 2.10 bits per heavy atom. The number of non-ortho nitro benzene ring substituents is 1. The molecule has 152 valence electrons. The Morgan fingerprint density at radius 1 is 1.34 bits per heavy atom. The van der Waals surface area contributed by atoms with Crippen LogP contribution in [0.3, 0.4) is 0 Å². The number of carbonyl (C=O) groups excluding carboxylic acids is 1. The molecule has 3 rings (SSSR count). The van der Waals surface area contributed by atoms with Gasteiger partial charge in [0.2, 0.25) is 0 Å². The van der Waals surface area contributed by atoms with Crippen LogP contribution in [0.15, 0.2) is 34.2 Å². The molecule has 0 atom stereocenters. The maximum atomic E-state index is 13.1. The second-order valence-electron chi connectivity index (χ2n) is 6.69. The largest absolute Gasteiger partial charge is 0.293 e. The molecule has 3 aromatic rings. The molecule has 0 N–H and O–H groups in total. The zero-order valence-electron chi connectivity index (χ0n) is 16.4. The van der Waals surface area contributed by atoms with Crippen molar-refractivity contribution in [3.05, 3.63) is 60.7 Å². The molecule has 2 heterocycles. The maximum Gasteiger partial charge on any atom is 0.270 e. The molecule has 9 heteroatoms. The molecule has 0 amide bonds. The van der Waals surface area contributed by atoms with E-state index in [1.54, 1.807) is 10.6 Å². The van der Waals surface area contributed by atoms with Gasteiger partial charge in [-0.05, 0) is 25.8 Å². The van der Waals surface area contributed by atoms with Crippen molar-refractivity contribution in [2.75, 3.05) is 5.75 Å². The number of nitrogens with zero attached hydrogens (tertiary/aromatic N) is 3. The first-order chi connectivity index (χ1) is 13.8. The Morgan fingerprint density at radius 3 is 2.79 bits per heavy atom. The van der Waals surface area contributed by atoms with Crippen LogP contribution in [0.25, 0.3) is 10.2 Å². The summed E-state index contributed by atoms with van der Waals surface area (Å²) in [7, 11) is 0. The Hall–Kier alpha value is -2.52. The number of thiophene rings is 1. The summed E-state index contributed by atoms with van der Waals surface area (Å²) in [6.45, 7) is 6.49. The lowest BCUT2D eigenvalue weighted by Crippen LogP contribution is -2.23. The average Bonchev–Trinajstić information content (AvgIpc) is 2.99. The number of Topliss-reactive ketones (excluding diaryl/α,β-unsaturated/α-hetero) is 1. The van der Waals surface area contributed by atoms with Crippen LogP contribution in [-0.2, 0) is 6.54 Å². The number of thioether (sulfide) groups is 1. The zero-order valence-corrected chi connectivity index (χ0v) is 18.1. The van der Waals surface area contributed by atoms with Crippen LogP contribution < -0.4 is 5.56 Å². The average molecular weight is 432 g/mol. The van der Waals surface area contributed by atoms with Crippen LogP contribution >= 0.6 is 23.1 Å². The number of ketones is 1. The standard InChI is InChI=1S/C20H21N3O4S2/c1-4-5-9-22-19(25)17-12(2)13(3)29-18(17)21-20(22)28-11-16(24)14-7-6-8-15(10-14)23(26)27/h6-8,10H,4-5,9,11H2,1-3H3. The first-order valence-electron chi connectivity index (χ1n) is 9.24. The molecule has 0 aliphatic carbocycles. The van der Waals surface area contributed by atoms with E-state index in [9.17, 15) is 19.7 Å². The number of nitro benzene ring substituents is 1. The van der Waals surface area contributed by atoms with Gasteiger partial charge in [-0.3, -0.25) is 24.3 Å². The summed E-state index contributed by atoms with van der Waals surface area (Å²) in [5.74, 6) is -0.192. The van der Waals surface area contributed by atoms with Crippen LogP contribution in [0.2, 0.25) is 0 Å². The molecular weight excluding hydrogens is 410 g/mol. The normalized spacial score (nSPS) is 11.1. The van der Waals surface area contributed by atoms with Gasteiger partial charge < -0.3 is 0 Å². The lowest BCUT2D eigenvalue weighted by molar-refractivity contribution is -0.384. The predicted octanol–water partition coefficient (Wildman–Crippen LogP) is 4.76. The van der Waals surface area contributed by atoms with E-state index in [-0.39, 0.29) is 28.3 Å². The number of unbranched alkanes of at least 4 members (excludes halogenated alkanes) is 1. The molecule has 0 saturated heterocycles. The Bertz CT molecular complexity index is 1150. The molecule has 0 spiro atoms. The van der Waals surface area contributed by atoms with Crippen molar-refractivity contribution >= 4 is 44.8 Å². The fourth-order valence-electron chi connectivity index (χ4n) is 2.94. The molecule has 0 saturated carbocycles. The van der Waals surface area contributed by atoms with Crippen LogP contribution in [0, 0.1) is 24.0 Å². The van der Waals surface area contributed by atoms with Crippen molar-refractivity contribution in [3.8, 4) is 0 Å². The van der Waals surface area contributed by atoms with E-state index in [1.165, 1.54) is 41.3 Å². The highest BCUT2D eigenvalue weighted by Crippen LogP contribution is 2.29. The highest BCUT2D eigenvalue weighted by Gasteiger charge is 2.18. The minimum atomic E-state index is -0.525. The lowest BCUT2D eigenvalue weighted by atomic mass is 10.1. The first-order valence-corrected chi connectivity index (χ1v) is 11.0. The number of rotatable bonds is 8. The Kier molecular flexibility index (Phi) is 6.49. The quantitative estimate of drug-likeness (QED) is 0.168. The highest BCUT2D eigenvalue weighted by atomic mass is 32.2. The van der Waals surface area contributed by atoms with Gasteiger partial charge in [-0.1, -0.05) is 37.2 Å². The van der Waals surface area contributed by atoms with E-state index >= 15 is 0 Å². The van der Waals surface area contributed by atoms with Crippen LogP contribution in [0.4, 0.5) is 5.69 Å². The topological polar surface area (TPSA) is 95.1 Å². The number of hydrogen-bond donors (Lipinski definition) is 0. The van der Waals surface area contributed by atoms with E-state index in [2.05, 4.69) is 11.9 Å². The Balaban J connectivity index is 1.92. The van der Waals surface area contributed by atoms with Gasteiger partial charge in [0, 0.05) is 29.1 Å². The molecule has 0 unspecified atom stereocenters. The van der Waals surface area contributed by atoms with E-state index in [4.69, 9.17) is 0 Å². The number of hydrogen-bond acceptors (Lipinski definition) is 7. The van der Waals surface area contributed by atoms with Gasteiger partial charge in [0.25, 0.3) is 11.2 Å². The predicted molar refractivity (Wildman–Crippen MR) is 116 cm³/mol. The number of aryl methyl sites for hydroxylation is 2. The van der Waals surface area contributed by atoms with E-state index in [0.717, 1.165) is 23.3 Å². The SMILES string of the molecule is CCCCn1c(SCC(=O)c2cccc([N+](=O)[O-])c2)nc2sc(C)c(C)c2c1=O. The van der Waals surface area contributed by atoms with Gasteiger partial charge >= 0.3 is 0 Å². The molecule has 0 aliphatic heterocycles. The molecule has 0 bridgehead atoms. The number of benzene rings is 1. The van der Waals surface area contributed by atoms with E-state index in [0.29, 0.717) is 21.9 Å². The minimum absolute atomic E-state index is 0.0502. The van der Waals surface area contributed by atoms with Gasteiger partial charge in [-0.25, -0.2) is 4.98 Å². The summed E-state index contributed by atoms with van der Waals surface area (Å²) in [6, 6.07) is 5.68. The molecule has 29 heavy (non-hydrogen) atoms. The van der Waals surface area contributed by atoms with Gasteiger partial charge in [0.15, 0.2) is 10.9 Å². The van der Waals surface area contributed by atoms with E-state index in [1.807, 2.05) is 13.8 Å². The van der Waals surface area contributed by atoms with Gasteiger partial charge in [0.1, 0.15) is 4.83 Å². The summed E-state index contributed by atoms with van der Waals surface area (Å²) in [6.07, 6.45) is 1.77. The molecule has 1 aromatic carbocycles. The monoisotopic (exact) mass is 431 g/mol. The number of aromatic nitrogens is 2. The van der Waals surface area contributed by atoms with Gasteiger partial charge in [0.05, 0.1) is 16.1 Å². The van der Waals surface area contributed by atoms with Crippen LogP contribution in [0.5, 0.6) is 0 Å². The second-order valence-corrected chi connectivity index (χ2v) is 8.83. The van der Waals surface area contributed by atoms with Crippen molar-refractivity contribution in [3.63, 3.8) is 0 Å². The number of carbonyl (C=O) groups is 1. The van der Waals surface area contributed by atoms with Crippen molar-refractivity contribution in [1.82, 2.24) is 9.55 Å². The molecule has 7 nitrogen and oxygen atoms in total. The lowest BCUT2D eigenvalue weighted by Gasteiger charge is -2.11. The van der Waals surface area contributed by atoms with Crippen LogP contribution in [0.1, 0.15) is 40.6 Å². The molecular formula is C20H21N3O4S2. The first kappa shape index (κ1) is 21.2. The molecule has 0 radical (unpaired) electrons. The maximum absolute atomic E-state index is 13.1. The number of nitro groups is 1. The third-order valence-electron chi connectivity index (χ3n) is 4.70. The van der Waals surface area contributed by atoms with Crippen molar-refractivity contribution in [2.45, 2.75) is 45.3 Å². The summed E-state index contributed by atoms with van der Waals surface area (Å²) in [4.78, 5) is 42.5. The fraction of sp³-hybridized carbons (Fsp3) is 0.350. The smallest absolute Gasteiger partial charge is 0.270 e. The highest BCUT2D eigenvalue weighted by molar-refractivity contribution is 7.99. The van der Waals surface area contributed by atoms with E-state index < -0.39 is 4.92 Å². The van der Waals surface area contributed by atoms with Crippen molar-refractivity contribution in [2.24, 2.45) is 0 Å². The number of fused-ring (bicyclic) bond motifs is 1. The Labute approximate surface area is 175 Å². The van der Waals surface area contributed by atoms with Crippen molar-refractivity contribution in [1.29, 1.82) is 0 Å². The third kappa shape index (κ3) is 4.40. The summed E-state index contributed by atoms with van der Waals surface area (Å²) < 4.78 is 1.65. The van der Waals surface area contributed by atoms with Crippen molar-refractivity contribution < 1.29 is 9.72 Å². The minimum Gasteiger partial charge on any atom is -0.293 e. The summed E-state index contributed by atoms with van der Waals surface area (Å²) in [5, 5.41) is 12.1. The second kappa shape index (κ2) is 8.87. The van der Waals surface area contributed by atoms with Gasteiger partial charge in [-0.2, -0.15) is 0 Å². The summed E-state index contributed by atoms with van der Waals surface area (Å²) >= 11 is 2.68. The summed E-state index contributed by atoms with van der Waals surface area (Å²) in [5.41, 5.74) is 1.04. The molecule has 0 aliphatic rings.